The highest BCUT2D eigenvalue weighted by molar-refractivity contribution is 7.99. The molecule has 1 atom stereocenters. The monoisotopic (exact) mass is 467 g/mol. The molecular formula is C24H29N5O3S. The van der Waals surface area contributed by atoms with Crippen LogP contribution in [-0.2, 0) is 11.8 Å². The van der Waals surface area contributed by atoms with Crippen molar-refractivity contribution in [3.63, 3.8) is 0 Å². The van der Waals surface area contributed by atoms with Gasteiger partial charge in [0.1, 0.15) is 5.75 Å². The summed E-state index contributed by atoms with van der Waals surface area (Å²) in [6.45, 7) is 5.99. The summed E-state index contributed by atoms with van der Waals surface area (Å²) >= 11 is 1.28. The molecule has 1 aromatic heterocycles. The Labute approximate surface area is 198 Å². The number of rotatable bonds is 9. The van der Waals surface area contributed by atoms with Gasteiger partial charge < -0.3 is 19.9 Å². The minimum atomic E-state index is -0.327. The van der Waals surface area contributed by atoms with Crippen LogP contribution in [0, 0.1) is 12.8 Å². The molecule has 0 aliphatic rings. The third-order valence-corrected chi connectivity index (χ3v) is 6.11. The number of thioether (sulfide) groups is 1. The first-order chi connectivity index (χ1) is 15.8. The molecule has 8 nitrogen and oxygen atoms in total. The van der Waals surface area contributed by atoms with Crippen molar-refractivity contribution in [1.82, 2.24) is 20.1 Å². The van der Waals surface area contributed by atoms with Crippen LogP contribution in [0.25, 0.3) is 0 Å². The Morgan fingerprint density at radius 1 is 1.12 bits per heavy atom. The van der Waals surface area contributed by atoms with E-state index in [4.69, 9.17) is 4.74 Å². The molecule has 2 amide bonds. The van der Waals surface area contributed by atoms with Gasteiger partial charge in [-0.3, -0.25) is 9.59 Å². The molecule has 0 spiro atoms. The van der Waals surface area contributed by atoms with Crippen molar-refractivity contribution in [3.05, 3.63) is 65.5 Å². The molecule has 0 aliphatic carbocycles. The lowest BCUT2D eigenvalue weighted by Gasteiger charge is -2.21. The number of nitrogens with one attached hydrogen (secondary N) is 2. The van der Waals surface area contributed by atoms with Crippen LogP contribution in [0.1, 0.15) is 41.6 Å². The van der Waals surface area contributed by atoms with Crippen molar-refractivity contribution in [2.75, 3.05) is 18.2 Å². The van der Waals surface area contributed by atoms with Crippen LogP contribution in [0.4, 0.5) is 5.69 Å². The highest BCUT2D eigenvalue weighted by Crippen LogP contribution is 2.26. The summed E-state index contributed by atoms with van der Waals surface area (Å²) in [5, 5.41) is 15.1. The summed E-state index contributed by atoms with van der Waals surface area (Å²) in [6.07, 6.45) is 0. The normalized spacial score (nSPS) is 11.8. The van der Waals surface area contributed by atoms with E-state index in [0.29, 0.717) is 28.0 Å². The zero-order chi connectivity index (χ0) is 24.0. The minimum absolute atomic E-state index is 0.0911. The fourth-order valence-corrected chi connectivity index (χ4v) is 4.05. The zero-order valence-electron chi connectivity index (χ0n) is 19.5. The lowest BCUT2D eigenvalue weighted by atomic mass is 10.0. The first kappa shape index (κ1) is 24.3. The number of methoxy groups -OCH3 is 1. The minimum Gasteiger partial charge on any atom is -0.495 e. The average Bonchev–Trinajstić information content (AvgIpc) is 3.16. The molecule has 0 unspecified atom stereocenters. The second-order valence-electron chi connectivity index (χ2n) is 8.00. The number of para-hydroxylation sites is 2. The van der Waals surface area contributed by atoms with E-state index in [-0.39, 0.29) is 29.5 Å². The molecule has 9 heteroatoms. The number of hydrogen-bond acceptors (Lipinski definition) is 6. The van der Waals surface area contributed by atoms with Gasteiger partial charge >= 0.3 is 0 Å². The standard InChI is InChI=1S/C24H29N5O3S/c1-15(2)21(26-23(31)17-10-8-9-16(3)13-17)22-27-28-24(29(22)4)33-14-20(30)25-18-11-6-7-12-19(18)32-5/h6-13,15,21H,14H2,1-5H3,(H,25,30)(H,26,31)/t21-/m1/s1. The van der Waals surface area contributed by atoms with Crippen molar-refractivity contribution in [2.24, 2.45) is 13.0 Å². The number of aromatic nitrogens is 3. The number of amides is 2. The predicted molar refractivity (Wildman–Crippen MR) is 130 cm³/mol. The van der Waals surface area contributed by atoms with Gasteiger partial charge in [-0.1, -0.05) is 55.4 Å². The maximum Gasteiger partial charge on any atom is 0.251 e. The summed E-state index contributed by atoms with van der Waals surface area (Å²) in [5.74, 6) is 1.15. The molecule has 0 saturated heterocycles. The van der Waals surface area contributed by atoms with Gasteiger partial charge in [-0.15, -0.1) is 10.2 Å². The lowest BCUT2D eigenvalue weighted by Crippen LogP contribution is -2.33. The van der Waals surface area contributed by atoms with Crippen molar-refractivity contribution in [1.29, 1.82) is 0 Å². The molecule has 2 aromatic carbocycles. The third-order valence-electron chi connectivity index (χ3n) is 5.09. The topological polar surface area (TPSA) is 98.1 Å². The van der Waals surface area contributed by atoms with Crippen LogP contribution in [-0.4, -0.2) is 39.4 Å². The number of aryl methyl sites for hydroxylation is 1. The summed E-state index contributed by atoms with van der Waals surface area (Å²) in [4.78, 5) is 25.2. The number of nitrogens with zero attached hydrogens (tertiary/aromatic N) is 3. The molecule has 0 radical (unpaired) electrons. The highest BCUT2D eigenvalue weighted by atomic mass is 32.2. The molecule has 0 saturated carbocycles. The van der Waals surface area contributed by atoms with E-state index in [1.807, 2.05) is 62.7 Å². The molecule has 0 bridgehead atoms. The number of carbonyl (C=O) groups excluding carboxylic acids is 2. The first-order valence-electron chi connectivity index (χ1n) is 10.6. The molecule has 3 rings (SSSR count). The third kappa shape index (κ3) is 6.13. The Morgan fingerprint density at radius 2 is 1.88 bits per heavy atom. The Hall–Kier alpha value is -3.33. The largest absolute Gasteiger partial charge is 0.495 e. The summed E-state index contributed by atoms with van der Waals surface area (Å²) in [5.41, 5.74) is 2.24. The van der Waals surface area contributed by atoms with Crippen molar-refractivity contribution >= 4 is 29.3 Å². The van der Waals surface area contributed by atoms with E-state index in [1.165, 1.54) is 11.8 Å². The van der Waals surface area contributed by atoms with Crippen molar-refractivity contribution in [3.8, 4) is 5.75 Å². The van der Waals surface area contributed by atoms with Gasteiger partial charge in [0.15, 0.2) is 11.0 Å². The van der Waals surface area contributed by atoms with Gasteiger partial charge in [0.05, 0.1) is 24.6 Å². The molecular weight excluding hydrogens is 438 g/mol. The summed E-state index contributed by atoms with van der Waals surface area (Å²) < 4.78 is 7.09. The van der Waals surface area contributed by atoms with Gasteiger partial charge in [-0.25, -0.2) is 0 Å². The molecule has 33 heavy (non-hydrogen) atoms. The number of carbonyl (C=O) groups is 2. The number of benzene rings is 2. The molecule has 174 valence electrons. The number of ether oxygens (including phenoxy) is 1. The second-order valence-corrected chi connectivity index (χ2v) is 8.94. The van der Waals surface area contributed by atoms with E-state index in [2.05, 4.69) is 20.8 Å². The summed E-state index contributed by atoms with van der Waals surface area (Å²) in [6, 6.07) is 14.4. The molecule has 3 aromatic rings. The number of anilines is 1. The van der Waals surface area contributed by atoms with Crippen molar-refractivity contribution in [2.45, 2.75) is 32.0 Å². The Morgan fingerprint density at radius 3 is 2.58 bits per heavy atom. The fourth-order valence-electron chi connectivity index (χ4n) is 3.33. The zero-order valence-corrected chi connectivity index (χ0v) is 20.3. The molecule has 0 fully saturated rings. The molecule has 1 heterocycles. The first-order valence-corrected chi connectivity index (χ1v) is 11.6. The van der Waals surface area contributed by atoms with Crippen LogP contribution < -0.4 is 15.4 Å². The highest BCUT2D eigenvalue weighted by Gasteiger charge is 2.25. The van der Waals surface area contributed by atoms with E-state index in [0.717, 1.165) is 5.56 Å². The Balaban J connectivity index is 1.67. The van der Waals surface area contributed by atoms with E-state index in [1.54, 1.807) is 25.3 Å². The summed E-state index contributed by atoms with van der Waals surface area (Å²) in [7, 11) is 3.40. The van der Waals surface area contributed by atoms with Crippen LogP contribution in [0.15, 0.2) is 53.7 Å². The number of hydrogen-bond donors (Lipinski definition) is 2. The SMILES string of the molecule is COc1ccccc1NC(=O)CSc1nnc([C@H](NC(=O)c2cccc(C)c2)C(C)C)n1C. The second kappa shape index (κ2) is 11.0. The average molecular weight is 468 g/mol. The molecule has 0 aliphatic heterocycles. The fraction of sp³-hybridized carbons (Fsp3) is 0.333. The van der Waals surface area contributed by atoms with Gasteiger partial charge in [-0.05, 0) is 37.1 Å². The van der Waals surface area contributed by atoms with Crippen molar-refractivity contribution < 1.29 is 14.3 Å². The Kier molecular flexibility index (Phi) is 8.11. The van der Waals surface area contributed by atoms with E-state index < -0.39 is 0 Å². The van der Waals surface area contributed by atoms with Crippen LogP contribution in [0.2, 0.25) is 0 Å². The maximum atomic E-state index is 12.8. The van der Waals surface area contributed by atoms with E-state index >= 15 is 0 Å². The van der Waals surface area contributed by atoms with Gasteiger partial charge in [-0.2, -0.15) is 0 Å². The Bertz CT molecular complexity index is 1130. The van der Waals surface area contributed by atoms with E-state index in [9.17, 15) is 9.59 Å². The van der Waals surface area contributed by atoms with Crippen LogP contribution in [0.3, 0.4) is 0 Å². The smallest absolute Gasteiger partial charge is 0.251 e. The predicted octanol–water partition coefficient (Wildman–Crippen LogP) is 3.99. The molecule has 2 N–H and O–H groups in total. The van der Waals surface area contributed by atoms with Crippen LogP contribution in [0.5, 0.6) is 5.75 Å². The quantitative estimate of drug-likeness (QED) is 0.462. The lowest BCUT2D eigenvalue weighted by molar-refractivity contribution is -0.113. The van der Waals surface area contributed by atoms with Gasteiger partial charge in [0.25, 0.3) is 5.91 Å². The van der Waals surface area contributed by atoms with Gasteiger partial charge in [0.2, 0.25) is 5.91 Å². The van der Waals surface area contributed by atoms with Crippen LogP contribution >= 0.6 is 11.8 Å². The maximum absolute atomic E-state index is 12.8. The van der Waals surface area contributed by atoms with Gasteiger partial charge in [0, 0.05) is 12.6 Å².